The van der Waals surface area contributed by atoms with Crippen molar-refractivity contribution in [2.24, 2.45) is 51.4 Å². The molecule has 7 N–H and O–H groups in total. The van der Waals surface area contributed by atoms with Crippen molar-refractivity contribution in [2.45, 2.75) is 109 Å². The van der Waals surface area contributed by atoms with Crippen LogP contribution in [0, 0.1) is 39.9 Å². The minimum absolute atomic E-state index is 0.0104. The van der Waals surface area contributed by atoms with Gasteiger partial charge in [0.25, 0.3) is 0 Å². The van der Waals surface area contributed by atoms with Crippen molar-refractivity contribution in [3.05, 3.63) is 29.8 Å². The van der Waals surface area contributed by atoms with E-state index in [1.54, 1.807) is 11.8 Å². The fourth-order valence-corrected chi connectivity index (χ4v) is 11.2. The summed E-state index contributed by atoms with van der Waals surface area (Å²) >= 11 is 1.67. The van der Waals surface area contributed by atoms with Crippen LogP contribution in [0.1, 0.15) is 91.0 Å². The molecule has 4 aliphatic carbocycles. The second kappa shape index (κ2) is 16.7. The molecular weight excluding hydrogens is 653 g/mol. The van der Waals surface area contributed by atoms with Crippen LogP contribution in [0.5, 0.6) is 5.75 Å². The van der Waals surface area contributed by atoms with E-state index < -0.39 is 23.0 Å². The van der Waals surface area contributed by atoms with Gasteiger partial charge in [0.05, 0.1) is 18.4 Å². The van der Waals surface area contributed by atoms with Crippen molar-refractivity contribution in [2.75, 3.05) is 38.5 Å². The molecule has 0 unspecified atom stereocenters. The molecule has 8 atom stereocenters. The largest absolute Gasteiger partial charge is 0.492 e. The van der Waals surface area contributed by atoms with Gasteiger partial charge in [-0.25, -0.2) is 0 Å². The smallest absolute Gasteiger partial charge is 0.316 e. The number of nitrogens with two attached hydrogens (primary N) is 2. The average molecular weight is 715 g/mol. The topological polar surface area (TPSA) is 166 Å². The maximum atomic E-state index is 13.9. The van der Waals surface area contributed by atoms with Gasteiger partial charge in [0.1, 0.15) is 24.2 Å². The number of nitrogens with one attached hydrogen (secondary N) is 2. The fraction of sp³-hybridized carbons (Fsp3) is 0.769. The Morgan fingerprint density at radius 2 is 1.76 bits per heavy atom. The predicted molar refractivity (Wildman–Crippen MR) is 197 cm³/mol. The van der Waals surface area contributed by atoms with Gasteiger partial charge < -0.3 is 36.7 Å². The quantitative estimate of drug-likeness (QED) is 0.176. The Morgan fingerprint density at radius 1 is 1.04 bits per heavy atom. The molecule has 10 nitrogen and oxygen atoms in total. The number of carbonyl (C=O) groups is 3. The van der Waals surface area contributed by atoms with E-state index in [-0.39, 0.29) is 53.1 Å². The lowest BCUT2D eigenvalue weighted by atomic mass is 9.44. The number of aliphatic hydroxyl groups excluding tert-OH is 1. The number of amides is 1. The van der Waals surface area contributed by atoms with Gasteiger partial charge in [0, 0.05) is 54.6 Å². The van der Waals surface area contributed by atoms with Crippen molar-refractivity contribution >= 4 is 29.4 Å². The molecule has 4 aliphatic rings. The molecule has 11 heteroatoms. The molecule has 2 bridgehead atoms. The first-order chi connectivity index (χ1) is 23.9. The van der Waals surface area contributed by atoms with Crippen LogP contribution in [0.15, 0.2) is 24.3 Å². The minimum Gasteiger partial charge on any atom is -0.492 e. The summed E-state index contributed by atoms with van der Waals surface area (Å²) in [6, 6.07) is 7.97. The molecule has 0 spiro atoms. The molecule has 5 rings (SSSR count). The van der Waals surface area contributed by atoms with E-state index in [4.69, 9.17) is 20.9 Å². The minimum atomic E-state index is -0.672. The third-order valence-electron chi connectivity index (χ3n) is 13.3. The molecule has 1 aromatic carbocycles. The molecule has 0 aromatic heterocycles. The maximum absolute atomic E-state index is 13.9. The van der Waals surface area contributed by atoms with Crippen molar-refractivity contribution < 1.29 is 29.0 Å². The molecular formula is C39H62N4O6S. The highest BCUT2D eigenvalue weighted by Crippen LogP contribution is 2.67. The molecule has 4 saturated carbocycles. The Labute approximate surface area is 303 Å². The number of ketones is 1. The van der Waals surface area contributed by atoms with Gasteiger partial charge in [0.2, 0.25) is 5.91 Å². The predicted octanol–water partition coefficient (Wildman–Crippen LogP) is 4.20. The summed E-state index contributed by atoms with van der Waals surface area (Å²) in [5, 5.41) is 19.2. The number of hydrogen-bond acceptors (Lipinski definition) is 10. The van der Waals surface area contributed by atoms with Gasteiger partial charge in [0.15, 0.2) is 0 Å². The molecule has 0 radical (unpaired) electrons. The van der Waals surface area contributed by atoms with Crippen LogP contribution >= 0.6 is 11.8 Å². The maximum Gasteiger partial charge on any atom is 0.316 e. The van der Waals surface area contributed by atoms with Gasteiger partial charge in [-0.05, 0) is 92.2 Å². The number of aliphatic hydroxyl groups is 1. The Balaban J connectivity index is 1.30. The summed E-state index contributed by atoms with van der Waals surface area (Å²) in [7, 11) is 0. The van der Waals surface area contributed by atoms with Crippen LogP contribution in [-0.2, 0) is 25.7 Å². The first-order valence-electron chi connectivity index (χ1n) is 19.0. The molecule has 1 amide bonds. The summed E-state index contributed by atoms with van der Waals surface area (Å²) in [6.07, 6.45) is 6.50. The lowest BCUT2D eigenvalue weighted by Gasteiger charge is -2.62. The monoisotopic (exact) mass is 714 g/mol. The number of rotatable bonds is 14. The van der Waals surface area contributed by atoms with Crippen LogP contribution in [0.3, 0.4) is 0 Å². The Morgan fingerprint density at radius 3 is 2.44 bits per heavy atom. The zero-order valence-electron chi connectivity index (χ0n) is 30.7. The molecule has 0 saturated heterocycles. The molecule has 1 aromatic rings. The van der Waals surface area contributed by atoms with E-state index in [0.29, 0.717) is 56.8 Å². The van der Waals surface area contributed by atoms with Crippen LogP contribution in [0.4, 0.5) is 0 Å². The molecule has 280 valence electrons. The second-order valence-corrected chi connectivity index (χ2v) is 17.6. The Bertz CT molecular complexity index is 1320. The van der Waals surface area contributed by atoms with Crippen LogP contribution in [0.2, 0.25) is 0 Å². The van der Waals surface area contributed by atoms with Crippen LogP contribution in [0.25, 0.3) is 0 Å². The number of Topliss-reactive ketones (excluding diaryl/α,β-unsaturated/α-hetero) is 1. The molecule has 0 aliphatic heterocycles. The summed E-state index contributed by atoms with van der Waals surface area (Å²) in [5.74, 6) is 1.31. The molecule has 0 heterocycles. The first kappa shape index (κ1) is 39.0. The number of carbonyl (C=O) groups excluding carboxylic acids is 3. The van der Waals surface area contributed by atoms with Gasteiger partial charge in [-0.2, -0.15) is 0 Å². The Hall–Kier alpha value is -2.18. The average Bonchev–Trinajstić information content (AvgIpc) is 3.47. The van der Waals surface area contributed by atoms with Gasteiger partial charge in [-0.1, -0.05) is 39.8 Å². The van der Waals surface area contributed by atoms with E-state index in [1.165, 1.54) is 0 Å². The summed E-state index contributed by atoms with van der Waals surface area (Å²) in [5.41, 5.74) is 10.7. The zero-order chi connectivity index (χ0) is 36.1. The highest BCUT2D eigenvalue weighted by molar-refractivity contribution is 8.00. The summed E-state index contributed by atoms with van der Waals surface area (Å²) < 4.78 is 12.2. The van der Waals surface area contributed by atoms with E-state index in [2.05, 4.69) is 38.3 Å². The normalized spacial score (nSPS) is 36.9. The van der Waals surface area contributed by atoms with E-state index in [1.807, 2.05) is 24.3 Å². The highest BCUT2D eigenvalue weighted by Gasteiger charge is 2.68. The number of ether oxygens (including phenoxy) is 2. The highest BCUT2D eigenvalue weighted by atomic mass is 32.2. The van der Waals surface area contributed by atoms with Crippen LogP contribution in [-0.4, -0.2) is 78.8 Å². The SMILES string of the molecule is C[C@@H]1CC[C@@]23CCC(=O)[C@H]2[C@]1(C)[C@H](OC(=O)CSC1CCC(CNC(=O)CN)CC1)C[C@](C)(CNCc1ccc(OCCN)cc1)[C@@H](O)[C@@H]3C. The lowest BCUT2D eigenvalue weighted by molar-refractivity contribution is -0.210. The summed E-state index contributed by atoms with van der Waals surface area (Å²) in [4.78, 5) is 39.2. The number of hydrogen-bond donors (Lipinski definition) is 5. The first-order valence-corrected chi connectivity index (χ1v) is 20.0. The third kappa shape index (κ3) is 8.22. The van der Waals surface area contributed by atoms with Crippen molar-refractivity contribution in [1.29, 1.82) is 0 Å². The molecule has 4 fully saturated rings. The van der Waals surface area contributed by atoms with Crippen molar-refractivity contribution in [1.82, 2.24) is 10.6 Å². The summed E-state index contributed by atoms with van der Waals surface area (Å²) in [6.45, 7) is 11.5. The van der Waals surface area contributed by atoms with Crippen LogP contribution < -0.4 is 26.8 Å². The zero-order valence-corrected chi connectivity index (χ0v) is 31.5. The van der Waals surface area contributed by atoms with Crippen molar-refractivity contribution in [3.8, 4) is 5.75 Å². The van der Waals surface area contributed by atoms with Crippen molar-refractivity contribution in [3.63, 3.8) is 0 Å². The Kier molecular flexibility index (Phi) is 13.0. The number of benzene rings is 1. The standard InChI is InChI=1S/C39H62N4O6S/c1-25-13-15-39-16-14-31(44)35(39)38(25,4)32(49-34(46)23-50-30-11-7-28(8-12-30)22-43-33(45)20-41)19-37(3,36(47)26(39)2)24-42-21-27-5-9-29(10-6-27)48-18-17-40/h5-6,9-10,25-26,28,30,32,35-36,42,47H,7-8,11-24,40-41H2,1-4H3,(H,43,45)/t25-,26+,28?,30?,32-,35+,36+,37-,38+,39+/m1/s1. The number of thioether (sulfide) groups is 1. The van der Waals surface area contributed by atoms with Gasteiger partial charge >= 0.3 is 5.97 Å². The fourth-order valence-electron chi connectivity index (χ4n) is 10.1. The molecule has 50 heavy (non-hydrogen) atoms. The van der Waals surface area contributed by atoms with E-state index in [9.17, 15) is 19.5 Å². The van der Waals surface area contributed by atoms with E-state index >= 15 is 0 Å². The van der Waals surface area contributed by atoms with Gasteiger partial charge in [-0.15, -0.1) is 11.8 Å². The van der Waals surface area contributed by atoms with Gasteiger partial charge in [-0.3, -0.25) is 14.4 Å². The number of esters is 1. The third-order valence-corrected chi connectivity index (χ3v) is 14.7. The lowest BCUT2D eigenvalue weighted by Crippen LogP contribution is -2.64. The van der Waals surface area contributed by atoms with E-state index in [0.717, 1.165) is 56.3 Å². The second-order valence-electron chi connectivity index (χ2n) is 16.4.